The van der Waals surface area contributed by atoms with Crippen LogP contribution in [0.1, 0.15) is 6.42 Å². The minimum absolute atomic E-state index is 0.0145. The van der Waals surface area contributed by atoms with Crippen molar-refractivity contribution in [3.05, 3.63) is 0 Å². The lowest BCUT2D eigenvalue weighted by Crippen LogP contribution is -2.56. The number of hydrogen-bond acceptors (Lipinski definition) is 5. The number of rotatable bonds is 3. The van der Waals surface area contributed by atoms with Gasteiger partial charge in [0.15, 0.2) is 6.61 Å². The summed E-state index contributed by atoms with van der Waals surface area (Å²) in [5.41, 5.74) is 0. The van der Waals surface area contributed by atoms with Crippen LogP contribution in [0.25, 0.3) is 0 Å². The molecule has 19 heavy (non-hydrogen) atoms. The summed E-state index contributed by atoms with van der Waals surface area (Å²) < 4.78 is 9.84. The molecule has 0 spiro atoms. The summed E-state index contributed by atoms with van der Waals surface area (Å²) in [5.74, 6) is -0.0109. The van der Waals surface area contributed by atoms with Gasteiger partial charge in [0.25, 0.3) is 5.91 Å². The first kappa shape index (κ1) is 12.4. The van der Waals surface area contributed by atoms with Crippen molar-refractivity contribution < 1.29 is 23.9 Å². The molecule has 0 radical (unpaired) electrons. The van der Waals surface area contributed by atoms with Crippen LogP contribution in [0.3, 0.4) is 0 Å². The molecule has 0 N–H and O–H groups in total. The zero-order chi connectivity index (χ0) is 13.4. The fourth-order valence-corrected chi connectivity index (χ4v) is 2.67. The maximum absolute atomic E-state index is 12.0. The zero-order valence-electron chi connectivity index (χ0n) is 10.5. The molecule has 3 aliphatic heterocycles. The molecule has 3 rings (SSSR count). The molecule has 3 amide bonds. The van der Waals surface area contributed by atoms with E-state index < -0.39 is 6.09 Å². The largest absolute Gasteiger partial charge is 0.439 e. The van der Waals surface area contributed by atoms with Crippen LogP contribution in [-0.4, -0.2) is 67.2 Å². The molecular weight excluding hydrogens is 252 g/mol. The van der Waals surface area contributed by atoms with Crippen LogP contribution in [0.15, 0.2) is 0 Å². The van der Waals surface area contributed by atoms with Gasteiger partial charge < -0.3 is 14.4 Å². The first-order valence-corrected chi connectivity index (χ1v) is 6.49. The third kappa shape index (κ3) is 2.30. The minimum atomic E-state index is -0.570. The highest BCUT2D eigenvalue weighted by Gasteiger charge is 2.40. The van der Waals surface area contributed by atoms with Crippen molar-refractivity contribution in [2.24, 2.45) is 11.8 Å². The highest BCUT2D eigenvalue weighted by atomic mass is 16.6. The Morgan fingerprint density at radius 1 is 1.32 bits per heavy atom. The Morgan fingerprint density at radius 2 is 2.11 bits per heavy atom. The third-order valence-electron chi connectivity index (χ3n) is 3.83. The molecule has 0 aliphatic carbocycles. The van der Waals surface area contributed by atoms with Crippen molar-refractivity contribution >= 4 is 17.9 Å². The topological polar surface area (TPSA) is 76.2 Å². The average molecular weight is 268 g/mol. The predicted octanol–water partition coefficient (Wildman–Crippen LogP) is -0.540. The zero-order valence-corrected chi connectivity index (χ0v) is 10.5. The van der Waals surface area contributed by atoms with Crippen LogP contribution < -0.4 is 0 Å². The summed E-state index contributed by atoms with van der Waals surface area (Å²) in [4.78, 5) is 37.6. The van der Waals surface area contributed by atoms with E-state index in [0.29, 0.717) is 32.8 Å². The van der Waals surface area contributed by atoms with Gasteiger partial charge in [0.1, 0.15) is 0 Å². The van der Waals surface area contributed by atoms with Gasteiger partial charge in [-0.1, -0.05) is 0 Å². The number of nitrogens with zero attached hydrogens (tertiary/aromatic N) is 2. The van der Waals surface area contributed by atoms with Gasteiger partial charge in [0, 0.05) is 32.2 Å². The SMILES string of the molecule is O=C(C1CCOC1)N1CC(CN2C(=O)COC2=O)C1. The number of likely N-dealkylation sites (tertiary alicyclic amines) is 1. The number of hydrogen-bond donors (Lipinski definition) is 0. The second kappa shape index (κ2) is 4.80. The average Bonchev–Trinajstić information content (AvgIpc) is 2.96. The standard InChI is InChI=1S/C12H16N2O5/c15-10-7-19-12(17)14(10)5-8-3-13(4-8)11(16)9-1-2-18-6-9/h8-9H,1-7H2. The maximum Gasteiger partial charge on any atom is 0.417 e. The van der Waals surface area contributed by atoms with E-state index in [2.05, 4.69) is 4.74 Å². The lowest BCUT2D eigenvalue weighted by molar-refractivity contribution is -0.142. The molecule has 3 aliphatic rings. The van der Waals surface area contributed by atoms with Gasteiger partial charge >= 0.3 is 6.09 Å². The van der Waals surface area contributed by atoms with E-state index in [0.717, 1.165) is 11.3 Å². The van der Waals surface area contributed by atoms with Crippen molar-refractivity contribution in [3.8, 4) is 0 Å². The van der Waals surface area contributed by atoms with E-state index in [1.54, 1.807) is 4.90 Å². The first-order valence-electron chi connectivity index (χ1n) is 6.49. The van der Waals surface area contributed by atoms with Gasteiger partial charge in [-0.2, -0.15) is 0 Å². The molecule has 3 saturated heterocycles. The van der Waals surface area contributed by atoms with Crippen LogP contribution >= 0.6 is 0 Å². The van der Waals surface area contributed by atoms with Gasteiger partial charge in [-0.3, -0.25) is 9.59 Å². The van der Waals surface area contributed by atoms with Crippen LogP contribution in [0.2, 0.25) is 0 Å². The van der Waals surface area contributed by atoms with Crippen molar-refractivity contribution in [2.75, 3.05) is 39.5 Å². The Morgan fingerprint density at radius 3 is 2.68 bits per heavy atom. The summed E-state index contributed by atoms with van der Waals surface area (Å²) in [6.07, 6.45) is 0.218. The molecule has 3 fully saturated rings. The molecule has 7 nitrogen and oxygen atoms in total. The van der Waals surface area contributed by atoms with Crippen molar-refractivity contribution in [3.63, 3.8) is 0 Å². The molecule has 0 aromatic rings. The summed E-state index contributed by atoms with van der Waals surface area (Å²) in [7, 11) is 0. The summed E-state index contributed by atoms with van der Waals surface area (Å²) in [6, 6.07) is 0. The number of imide groups is 1. The molecule has 1 unspecified atom stereocenters. The smallest absolute Gasteiger partial charge is 0.417 e. The molecule has 1 atom stereocenters. The van der Waals surface area contributed by atoms with Crippen LogP contribution in [0.5, 0.6) is 0 Å². The molecule has 3 heterocycles. The van der Waals surface area contributed by atoms with Gasteiger partial charge in [0.2, 0.25) is 5.91 Å². The van der Waals surface area contributed by atoms with Gasteiger partial charge in [-0.15, -0.1) is 0 Å². The quantitative estimate of drug-likeness (QED) is 0.687. The third-order valence-corrected chi connectivity index (χ3v) is 3.83. The van der Waals surface area contributed by atoms with Crippen LogP contribution in [-0.2, 0) is 19.1 Å². The Kier molecular flexibility index (Phi) is 3.14. The lowest BCUT2D eigenvalue weighted by atomic mass is 9.96. The van der Waals surface area contributed by atoms with Crippen molar-refractivity contribution in [1.29, 1.82) is 0 Å². The van der Waals surface area contributed by atoms with Crippen LogP contribution in [0.4, 0.5) is 4.79 Å². The summed E-state index contributed by atoms with van der Waals surface area (Å²) in [5, 5.41) is 0. The normalized spacial score (nSPS) is 27.7. The summed E-state index contributed by atoms with van der Waals surface area (Å²) >= 11 is 0. The van der Waals surface area contributed by atoms with Crippen molar-refractivity contribution in [1.82, 2.24) is 9.80 Å². The monoisotopic (exact) mass is 268 g/mol. The van der Waals surface area contributed by atoms with E-state index in [1.165, 1.54) is 0 Å². The van der Waals surface area contributed by atoms with Crippen molar-refractivity contribution in [2.45, 2.75) is 6.42 Å². The number of carbonyl (C=O) groups is 3. The van der Waals surface area contributed by atoms with Gasteiger partial charge in [-0.25, -0.2) is 9.69 Å². The lowest BCUT2D eigenvalue weighted by Gasteiger charge is -2.41. The first-order chi connectivity index (χ1) is 9.15. The second-order valence-electron chi connectivity index (χ2n) is 5.23. The fourth-order valence-electron chi connectivity index (χ4n) is 2.67. The molecular formula is C12H16N2O5. The number of cyclic esters (lactones) is 1. The Balaban J connectivity index is 1.46. The molecule has 0 bridgehead atoms. The van der Waals surface area contributed by atoms with E-state index in [9.17, 15) is 14.4 Å². The maximum atomic E-state index is 12.0. The highest BCUT2D eigenvalue weighted by molar-refractivity contribution is 5.97. The van der Waals surface area contributed by atoms with Crippen LogP contribution in [0, 0.1) is 11.8 Å². The predicted molar refractivity (Wildman–Crippen MR) is 62.1 cm³/mol. The Hall–Kier alpha value is -1.63. The number of amides is 3. The summed E-state index contributed by atoms with van der Waals surface area (Å²) in [6.45, 7) is 2.56. The van der Waals surface area contributed by atoms with Gasteiger partial charge in [0.05, 0.1) is 12.5 Å². The van der Waals surface area contributed by atoms with E-state index in [1.807, 2.05) is 0 Å². The highest BCUT2D eigenvalue weighted by Crippen LogP contribution is 2.24. The minimum Gasteiger partial charge on any atom is -0.439 e. The van der Waals surface area contributed by atoms with Gasteiger partial charge in [-0.05, 0) is 6.42 Å². The second-order valence-corrected chi connectivity index (χ2v) is 5.23. The molecule has 7 heteroatoms. The molecule has 0 aromatic carbocycles. The Labute approximate surface area is 110 Å². The fraction of sp³-hybridized carbons (Fsp3) is 0.750. The molecule has 0 saturated carbocycles. The van der Waals surface area contributed by atoms with E-state index >= 15 is 0 Å². The Bertz CT molecular complexity index is 396. The molecule has 104 valence electrons. The number of carbonyl (C=O) groups excluding carboxylic acids is 3. The van der Waals surface area contributed by atoms with E-state index in [4.69, 9.17) is 4.74 Å². The van der Waals surface area contributed by atoms with E-state index in [-0.39, 0.29) is 30.3 Å². The molecule has 0 aromatic heterocycles. The number of ether oxygens (including phenoxy) is 2.